The number of carbonyl (C=O) groups excluding carboxylic acids is 1. The maximum Gasteiger partial charge on any atom is 0.273 e. The first kappa shape index (κ1) is 17.0. The number of thiazole rings is 1. The minimum atomic E-state index is -0.679. The molecule has 1 aromatic carbocycles. The van der Waals surface area contributed by atoms with Gasteiger partial charge in [-0.05, 0) is 18.2 Å². The molecular formula is C16H11ClF2N2OS2. The lowest BCUT2D eigenvalue weighted by Crippen LogP contribution is -2.26. The predicted molar refractivity (Wildman–Crippen MR) is 92.6 cm³/mol. The van der Waals surface area contributed by atoms with Crippen molar-refractivity contribution in [2.75, 3.05) is 7.05 Å². The number of aromatic nitrogens is 1. The number of halogens is 3. The van der Waals surface area contributed by atoms with Gasteiger partial charge in [0.05, 0.1) is 9.21 Å². The third-order valence-electron chi connectivity index (χ3n) is 3.28. The molecule has 2 heterocycles. The van der Waals surface area contributed by atoms with E-state index in [0.29, 0.717) is 9.34 Å². The minimum absolute atomic E-state index is 0.0304. The molecule has 0 saturated heterocycles. The number of hydrogen-bond donors (Lipinski definition) is 0. The van der Waals surface area contributed by atoms with Crippen LogP contribution in [0.4, 0.5) is 8.78 Å². The zero-order valence-electron chi connectivity index (χ0n) is 12.4. The fourth-order valence-corrected chi connectivity index (χ4v) is 4.00. The molecule has 0 aliphatic heterocycles. The van der Waals surface area contributed by atoms with E-state index >= 15 is 0 Å². The molecule has 0 radical (unpaired) electrons. The SMILES string of the molecule is CN(Cc1ccc(F)cc1F)C(=O)c1csc(-c2ccc(Cl)s2)n1. The summed E-state index contributed by atoms with van der Waals surface area (Å²) in [7, 11) is 1.55. The molecule has 0 saturated carbocycles. The second-order valence-electron chi connectivity index (χ2n) is 5.04. The van der Waals surface area contributed by atoms with Crippen LogP contribution in [-0.2, 0) is 6.54 Å². The molecule has 24 heavy (non-hydrogen) atoms. The molecule has 0 unspecified atom stereocenters. The summed E-state index contributed by atoms with van der Waals surface area (Å²) in [5, 5.41) is 2.36. The lowest BCUT2D eigenvalue weighted by atomic mass is 10.2. The van der Waals surface area contributed by atoms with Gasteiger partial charge < -0.3 is 4.90 Å². The predicted octanol–water partition coefficient (Wildman–Crippen LogP) is 5.08. The van der Waals surface area contributed by atoms with Crippen LogP contribution in [0.1, 0.15) is 16.1 Å². The van der Waals surface area contributed by atoms with Gasteiger partial charge in [0.1, 0.15) is 22.3 Å². The van der Waals surface area contributed by atoms with E-state index in [1.165, 1.54) is 33.6 Å². The molecule has 0 spiro atoms. The van der Waals surface area contributed by atoms with Crippen molar-refractivity contribution < 1.29 is 13.6 Å². The highest BCUT2D eigenvalue weighted by molar-refractivity contribution is 7.23. The van der Waals surface area contributed by atoms with Crippen molar-refractivity contribution in [1.29, 1.82) is 0 Å². The maximum absolute atomic E-state index is 13.7. The molecule has 0 N–H and O–H groups in total. The van der Waals surface area contributed by atoms with Crippen LogP contribution in [0.3, 0.4) is 0 Å². The summed E-state index contributed by atoms with van der Waals surface area (Å²) in [6.45, 7) is 0.0304. The molecule has 0 aliphatic carbocycles. The first-order valence-corrected chi connectivity index (χ1v) is 8.92. The molecule has 0 aliphatic rings. The van der Waals surface area contributed by atoms with Gasteiger partial charge in [0, 0.05) is 30.6 Å². The summed E-state index contributed by atoms with van der Waals surface area (Å²) in [5.74, 6) is -1.66. The number of rotatable bonds is 4. The third kappa shape index (κ3) is 3.63. The smallest absolute Gasteiger partial charge is 0.273 e. The topological polar surface area (TPSA) is 33.2 Å². The summed E-state index contributed by atoms with van der Waals surface area (Å²) in [6, 6.07) is 6.91. The van der Waals surface area contributed by atoms with Gasteiger partial charge in [0.25, 0.3) is 5.91 Å². The summed E-state index contributed by atoms with van der Waals surface area (Å²) in [5.41, 5.74) is 0.525. The highest BCUT2D eigenvalue weighted by Crippen LogP contribution is 2.33. The Morgan fingerprint density at radius 3 is 2.75 bits per heavy atom. The monoisotopic (exact) mass is 384 g/mol. The fraction of sp³-hybridized carbons (Fsp3) is 0.125. The van der Waals surface area contributed by atoms with Crippen molar-refractivity contribution in [2.24, 2.45) is 0 Å². The first-order chi connectivity index (χ1) is 11.4. The minimum Gasteiger partial charge on any atom is -0.336 e. The summed E-state index contributed by atoms with van der Waals surface area (Å²) >= 11 is 8.63. The molecule has 0 fully saturated rings. The van der Waals surface area contributed by atoms with E-state index in [1.807, 2.05) is 6.07 Å². The lowest BCUT2D eigenvalue weighted by molar-refractivity contribution is 0.0779. The third-order valence-corrected chi connectivity index (χ3v) is 5.52. The number of hydrogen-bond acceptors (Lipinski definition) is 4. The fourth-order valence-electron chi connectivity index (χ4n) is 2.09. The Labute approximate surface area is 150 Å². The standard InChI is InChI=1S/C16H11ClF2N2OS2/c1-21(7-9-2-3-10(18)6-11(9)19)16(22)12-8-23-15(20-12)13-4-5-14(17)24-13/h2-6,8H,7H2,1H3. The second-order valence-corrected chi connectivity index (χ2v) is 7.61. The van der Waals surface area contributed by atoms with Gasteiger partial charge in [0.2, 0.25) is 0 Å². The maximum atomic E-state index is 13.7. The van der Waals surface area contributed by atoms with Crippen LogP contribution in [0.2, 0.25) is 4.34 Å². The normalized spacial score (nSPS) is 10.8. The first-order valence-electron chi connectivity index (χ1n) is 6.84. The Morgan fingerprint density at radius 2 is 2.08 bits per heavy atom. The lowest BCUT2D eigenvalue weighted by Gasteiger charge is -2.16. The van der Waals surface area contributed by atoms with Crippen molar-refractivity contribution in [3.05, 3.63) is 62.9 Å². The molecule has 8 heteroatoms. The van der Waals surface area contributed by atoms with Crippen molar-refractivity contribution in [2.45, 2.75) is 6.54 Å². The van der Waals surface area contributed by atoms with Gasteiger partial charge in [-0.2, -0.15) is 0 Å². The van der Waals surface area contributed by atoms with E-state index in [-0.39, 0.29) is 23.7 Å². The summed E-state index contributed by atoms with van der Waals surface area (Å²) in [6.07, 6.45) is 0. The average molecular weight is 385 g/mol. The van der Waals surface area contributed by atoms with Gasteiger partial charge in [-0.3, -0.25) is 4.79 Å². The van der Waals surface area contributed by atoms with Crippen LogP contribution in [0.5, 0.6) is 0 Å². The zero-order valence-corrected chi connectivity index (χ0v) is 14.8. The van der Waals surface area contributed by atoms with Crippen LogP contribution >= 0.6 is 34.3 Å². The number of amides is 1. The number of carbonyl (C=O) groups is 1. The second kappa shape index (κ2) is 6.96. The quantitative estimate of drug-likeness (QED) is 0.628. The molecule has 2 aromatic heterocycles. The van der Waals surface area contributed by atoms with E-state index < -0.39 is 11.6 Å². The number of thiophene rings is 1. The van der Waals surface area contributed by atoms with Crippen molar-refractivity contribution >= 4 is 40.2 Å². The molecule has 124 valence electrons. The van der Waals surface area contributed by atoms with Gasteiger partial charge in [-0.15, -0.1) is 22.7 Å². The van der Waals surface area contributed by atoms with Crippen LogP contribution < -0.4 is 0 Å². The van der Waals surface area contributed by atoms with Gasteiger partial charge in [0.15, 0.2) is 0 Å². The number of benzene rings is 1. The zero-order chi connectivity index (χ0) is 17.3. The highest BCUT2D eigenvalue weighted by atomic mass is 35.5. The Bertz CT molecular complexity index is 894. The molecule has 3 aromatic rings. The molecular weight excluding hydrogens is 374 g/mol. The van der Waals surface area contributed by atoms with Crippen molar-refractivity contribution in [3.63, 3.8) is 0 Å². The highest BCUT2D eigenvalue weighted by Gasteiger charge is 2.18. The van der Waals surface area contributed by atoms with Gasteiger partial charge in [-0.25, -0.2) is 13.8 Å². The Hall–Kier alpha value is -1.83. The van der Waals surface area contributed by atoms with E-state index in [9.17, 15) is 13.6 Å². The molecule has 3 nitrogen and oxygen atoms in total. The Kier molecular flexibility index (Phi) is 4.93. The molecule has 0 bridgehead atoms. The van der Waals surface area contributed by atoms with Crippen molar-refractivity contribution in [3.8, 4) is 9.88 Å². The van der Waals surface area contributed by atoms with E-state index in [4.69, 9.17) is 11.6 Å². The van der Waals surface area contributed by atoms with Crippen LogP contribution in [-0.4, -0.2) is 22.8 Å². The molecule has 0 atom stereocenters. The van der Waals surface area contributed by atoms with Gasteiger partial charge in [-0.1, -0.05) is 17.7 Å². The van der Waals surface area contributed by atoms with Gasteiger partial charge >= 0.3 is 0 Å². The van der Waals surface area contributed by atoms with E-state index in [0.717, 1.165) is 17.0 Å². The van der Waals surface area contributed by atoms with E-state index in [2.05, 4.69) is 4.98 Å². The Balaban J connectivity index is 1.75. The summed E-state index contributed by atoms with van der Waals surface area (Å²) < 4.78 is 27.3. The van der Waals surface area contributed by atoms with E-state index in [1.54, 1.807) is 18.5 Å². The summed E-state index contributed by atoms with van der Waals surface area (Å²) in [4.78, 5) is 19.0. The van der Waals surface area contributed by atoms with Crippen LogP contribution in [0, 0.1) is 11.6 Å². The van der Waals surface area contributed by atoms with Crippen molar-refractivity contribution in [1.82, 2.24) is 9.88 Å². The number of nitrogens with zero attached hydrogens (tertiary/aromatic N) is 2. The average Bonchev–Trinajstić information content (AvgIpc) is 3.18. The Morgan fingerprint density at radius 1 is 1.29 bits per heavy atom. The molecule has 3 rings (SSSR count). The van der Waals surface area contributed by atoms with Crippen LogP contribution in [0.25, 0.3) is 9.88 Å². The largest absolute Gasteiger partial charge is 0.336 e. The van der Waals surface area contributed by atoms with Crippen LogP contribution in [0.15, 0.2) is 35.7 Å². The molecule has 1 amide bonds.